The second-order valence-electron chi connectivity index (χ2n) is 4.49. The first-order valence-corrected chi connectivity index (χ1v) is 6.28. The molecule has 1 aromatic rings. The van der Waals surface area contributed by atoms with E-state index in [1.807, 2.05) is 0 Å². The molecule has 1 amide bonds. The van der Waals surface area contributed by atoms with E-state index in [9.17, 15) is 9.59 Å². The molecule has 1 aliphatic rings. The van der Waals surface area contributed by atoms with E-state index >= 15 is 0 Å². The Morgan fingerprint density at radius 1 is 1.37 bits per heavy atom. The molecule has 1 heterocycles. The van der Waals surface area contributed by atoms with Gasteiger partial charge in [0.05, 0.1) is 13.2 Å². The maximum absolute atomic E-state index is 12.4. The summed E-state index contributed by atoms with van der Waals surface area (Å²) in [7, 11) is 1.58. The maximum Gasteiger partial charge on any atom is 0.246 e. The molecular formula is C15H17NO3. The summed E-state index contributed by atoms with van der Waals surface area (Å²) in [6, 6.07) is 6.61. The Morgan fingerprint density at radius 2 is 2.05 bits per heavy atom. The lowest BCUT2D eigenvalue weighted by Crippen LogP contribution is -2.39. The van der Waals surface area contributed by atoms with Gasteiger partial charge in [-0.25, -0.2) is 0 Å². The van der Waals surface area contributed by atoms with Gasteiger partial charge < -0.3 is 9.64 Å². The first-order chi connectivity index (χ1) is 9.17. The summed E-state index contributed by atoms with van der Waals surface area (Å²) in [5.74, 6) is 0.515. The highest BCUT2D eigenvalue weighted by atomic mass is 16.5. The molecule has 1 aromatic carbocycles. The van der Waals surface area contributed by atoms with Crippen LogP contribution in [0.5, 0.6) is 5.75 Å². The molecule has 2 rings (SSSR count). The van der Waals surface area contributed by atoms with Gasteiger partial charge in [0.25, 0.3) is 0 Å². The van der Waals surface area contributed by atoms with Gasteiger partial charge in [0.15, 0.2) is 5.78 Å². The van der Waals surface area contributed by atoms with E-state index in [1.165, 1.54) is 6.08 Å². The fourth-order valence-corrected chi connectivity index (χ4v) is 2.37. The van der Waals surface area contributed by atoms with Crippen LogP contribution in [0.25, 0.3) is 0 Å². The van der Waals surface area contributed by atoms with E-state index in [4.69, 9.17) is 4.74 Å². The summed E-state index contributed by atoms with van der Waals surface area (Å²) < 4.78 is 5.06. The number of nitrogens with zero attached hydrogens (tertiary/aromatic N) is 1. The number of hydrogen-bond donors (Lipinski definition) is 0. The highest BCUT2D eigenvalue weighted by molar-refractivity contribution is 6.03. The number of carbonyl (C=O) groups is 2. The second kappa shape index (κ2) is 5.69. The topological polar surface area (TPSA) is 46.6 Å². The van der Waals surface area contributed by atoms with Gasteiger partial charge in [-0.2, -0.15) is 0 Å². The van der Waals surface area contributed by atoms with E-state index in [-0.39, 0.29) is 17.7 Å². The molecule has 0 aromatic heterocycles. The molecule has 0 saturated carbocycles. The molecular weight excluding hydrogens is 242 g/mol. The van der Waals surface area contributed by atoms with Gasteiger partial charge in [0.1, 0.15) is 5.75 Å². The second-order valence-corrected chi connectivity index (χ2v) is 4.49. The Morgan fingerprint density at radius 3 is 2.63 bits per heavy atom. The van der Waals surface area contributed by atoms with E-state index in [1.54, 1.807) is 36.3 Å². The average Bonchev–Trinajstić information content (AvgIpc) is 2.95. The van der Waals surface area contributed by atoms with Gasteiger partial charge in [-0.15, -0.1) is 0 Å². The average molecular weight is 259 g/mol. The Bertz CT molecular complexity index is 493. The molecule has 100 valence electrons. The van der Waals surface area contributed by atoms with Crippen LogP contribution in [0.2, 0.25) is 0 Å². The Kier molecular flexibility index (Phi) is 4.00. The number of hydrogen-bond acceptors (Lipinski definition) is 3. The van der Waals surface area contributed by atoms with Crippen LogP contribution >= 0.6 is 0 Å². The third-order valence-corrected chi connectivity index (χ3v) is 3.39. The zero-order chi connectivity index (χ0) is 13.8. The Hall–Kier alpha value is -2.10. The monoisotopic (exact) mass is 259 g/mol. The summed E-state index contributed by atoms with van der Waals surface area (Å²) in [6.45, 7) is 4.10. The van der Waals surface area contributed by atoms with Gasteiger partial charge in [-0.3, -0.25) is 9.59 Å². The highest BCUT2D eigenvalue weighted by Gasteiger charge is 2.33. The zero-order valence-corrected chi connectivity index (χ0v) is 11.0. The van der Waals surface area contributed by atoms with Crippen molar-refractivity contribution in [1.82, 2.24) is 4.90 Å². The summed E-state index contributed by atoms with van der Waals surface area (Å²) in [6.07, 6.45) is 2.83. The molecule has 0 N–H and O–H groups in total. The molecule has 4 nitrogen and oxygen atoms in total. The molecule has 19 heavy (non-hydrogen) atoms. The number of rotatable bonds is 4. The minimum atomic E-state index is -0.362. The quantitative estimate of drug-likeness (QED) is 0.614. The predicted octanol–water partition coefficient (Wildman–Crippen LogP) is 2.05. The van der Waals surface area contributed by atoms with Gasteiger partial charge in [0, 0.05) is 12.1 Å². The molecule has 4 heteroatoms. The van der Waals surface area contributed by atoms with E-state index in [2.05, 4.69) is 6.58 Å². The molecule has 0 aliphatic carbocycles. The molecule has 1 aliphatic heterocycles. The van der Waals surface area contributed by atoms with E-state index < -0.39 is 0 Å². The summed E-state index contributed by atoms with van der Waals surface area (Å²) in [5.41, 5.74) is 0.606. The number of Topliss-reactive ketones (excluding diaryl/α,β-unsaturated/α-hetero) is 1. The molecule has 0 bridgehead atoms. The summed E-state index contributed by atoms with van der Waals surface area (Å²) in [4.78, 5) is 25.7. The molecule has 1 atom stereocenters. The third kappa shape index (κ3) is 2.67. The third-order valence-electron chi connectivity index (χ3n) is 3.39. The van der Waals surface area contributed by atoms with Crippen LogP contribution in [0.1, 0.15) is 23.2 Å². The predicted molar refractivity (Wildman–Crippen MR) is 72.3 cm³/mol. The number of benzene rings is 1. The van der Waals surface area contributed by atoms with Crippen LogP contribution in [0.3, 0.4) is 0 Å². The van der Waals surface area contributed by atoms with Crippen molar-refractivity contribution in [1.29, 1.82) is 0 Å². The lowest BCUT2D eigenvalue weighted by Gasteiger charge is -2.22. The van der Waals surface area contributed by atoms with Crippen molar-refractivity contribution in [2.24, 2.45) is 0 Å². The minimum absolute atomic E-state index is 0.0182. The molecule has 0 spiro atoms. The van der Waals surface area contributed by atoms with Crippen LogP contribution in [0.15, 0.2) is 36.9 Å². The smallest absolute Gasteiger partial charge is 0.246 e. The van der Waals surface area contributed by atoms with Gasteiger partial charge in [0.2, 0.25) is 5.91 Å². The van der Waals surface area contributed by atoms with Crippen LogP contribution in [-0.4, -0.2) is 36.3 Å². The number of methoxy groups -OCH3 is 1. The van der Waals surface area contributed by atoms with Gasteiger partial charge in [-0.05, 0) is 43.2 Å². The van der Waals surface area contributed by atoms with Crippen molar-refractivity contribution in [3.05, 3.63) is 42.5 Å². The van der Waals surface area contributed by atoms with Crippen molar-refractivity contribution >= 4 is 11.7 Å². The largest absolute Gasteiger partial charge is 0.497 e. The highest BCUT2D eigenvalue weighted by Crippen LogP contribution is 2.22. The van der Waals surface area contributed by atoms with Crippen LogP contribution in [0.4, 0.5) is 0 Å². The number of likely N-dealkylation sites (tertiary alicyclic amines) is 1. The Labute approximate surface area is 112 Å². The minimum Gasteiger partial charge on any atom is -0.497 e. The van der Waals surface area contributed by atoms with Gasteiger partial charge >= 0.3 is 0 Å². The Balaban J connectivity index is 2.17. The van der Waals surface area contributed by atoms with Crippen molar-refractivity contribution in [2.45, 2.75) is 18.9 Å². The van der Waals surface area contributed by atoms with Crippen LogP contribution < -0.4 is 4.74 Å². The molecule has 1 unspecified atom stereocenters. The first kappa shape index (κ1) is 13.3. The number of ether oxygens (including phenoxy) is 1. The van der Waals surface area contributed by atoms with Crippen molar-refractivity contribution in [2.75, 3.05) is 13.7 Å². The SMILES string of the molecule is C=CC(=O)N1CCCC1C(=O)c1ccc(OC)cc1. The maximum atomic E-state index is 12.4. The first-order valence-electron chi connectivity index (χ1n) is 6.28. The van der Waals surface area contributed by atoms with E-state index in [0.29, 0.717) is 24.3 Å². The van der Waals surface area contributed by atoms with Crippen molar-refractivity contribution in [3.63, 3.8) is 0 Å². The van der Waals surface area contributed by atoms with Gasteiger partial charge in [-0.1, -0.05) is 6.58 Å². The van der Waals surface area contributed by atoms with Crippen molar-refractivity contribution in [3.8, 4) is 5.75 Å². The lowest BCUT2D eigenvalue weighted by molar-refractivity contribution is -0.126. The standard InChI is InChI=1S/C15H17NO3/c1-3-14(17)16-10-4-5-13(16)15(18)11-6-8-12(19-2)9-7-11/h3,6-9,13H,1,4-5,10H2,2H3. The zero-order valence-electron chi connectivity index (χ0n) is 11.0. The molecule has 0 radical (unpaired) electrons. The fourth-order valence-electron chi connectivity index (χ4n) is 2.37. The number of carbonyl (C=O) groups excluding carboxylic acids is 2. The van der Waals surface area contributed by atoms with E-state index in [0.717, 1.165) is 6.42 Å². The fraction of sp³-hybridized carbons (Fsp3) is 0.333. The number of ketones is 1. The summed E-state index contributed by atoms with van der Waals surface area (Å²) >= 11 is 0. The normalized spacial score (nSPS) is 18.2. The van der Waals surface area contributed by atoms with Crippen molar-refractivity contribution < 1.29 is 14.3 Å². The van der Waals surface area contributed by atoms with Crippen LogP contribution in [0, 0.1) is 0 Å². The number of amides is 1. The molecule has 1 saturated heterocycles. The van der Waals surface area contributed by atoms with Crippen LogP contribution in [-0.2, 0) is 4.79 Å². The summed E-state index contributed by atoms with van der Waals surface area (Å²) in [5, 5.41) is 0. The lowest BCUT2D eigenvalue weighted by atomic mass is 10.0. The molecule has 1 fully saturated rings.